The van der Waals surface area contributed by atoms with Crippen LogP contribution >= 0.6 is 11.6 Å². The number of amides is 1. The second-order valence-corrected chi connectivity index (χ2v) is 6.45. The van der Waals surface area contributed by atoms with Crippen LogP contribution in [0.5, 0.6) is 0 Å². The highest BCUT2D eigenvalue weighted by molar-refractivity contribution is 6.31. The van der Waals surface area contributed by atoms with E-state index in [2.05, 4.69) is 10.3 Å². The predicted molar refractivity (Wildman–Crippen MR) is 111 cm³/mol. The molecule has 0 saturated carbocycles. The third-order valence-electron chi connectivity index (χ3n) is 4.26. The van der Waals surface area contributed by atoms with Crippen LogP contribution in [0.3, 0.4) is 0 Å². The second kappa shape index (κ2) is 8.52. The Morgan fingerprint density at radius 2 is 1.70 bits per heavy atom. The lowest BCUT2D eigenvalue weighted by molar-refractivity contribution is 0.0951. The fraction of sp³-hybridized carbons (Fsp3) is 0.0909. The van der Waals surface area contributed by atoms with E-state index >= 15 is 0 Å². The van der Waals surface area contributed by atoms with Crippen LogP contribution < -0.4 is 11.1 Å². The molecule has 0 atom stereocenters. The molecule has 0 heterocycles. The molecule has 0 unspecified atom stereocenters. The predicted octanol–water partition coefficient (Wildman–Crippen LogP) is 4.27. The van der Waals surface area contributed by atoms with Crippen molar-refractivity contribution in [3.05, 3.63) is 94.5 Å². The van der Waals surface area contributed by atoms with Crippen LogP contribution in [0.25, 0.3) is 11.1 Å². The number of amidine groups is 1. The average Bonchev–Trinajstić information content (AvgIpc) is 2.72. The fourth-order valence-corrected chi connectivity index (χ4v) is 2.97. The monoisotopic (exact) mass is 377 g/mol. The first-order chi connectivity index (χ1) is 13.1. The van der Waals surface area contributed by atoms with Crippen LogP contribution in [-0.4, -0.2) is 18.8 Å². The topological polar surface area (TPSA) is 67.5 Å². The lowest BCUT2D eigenvalue weighted by atomic mass is 10.0. The summed E-state index contributed by atoms with van der Waals surface area (Å²) in [7, 11) is 1.63. The van der Waals surface area contributed by atoms with Crippen molar-refractivity contribution in [2.75, 3.05) is 7.05 Å². The first-order valence-electron chi connectivity index (χ1n) is 8.53. The van der Waals surface area contributed by atoms with Gasteiger partial charge in [0.25, 0.3) is 5.91 Å². The SMILES string of the molecule is CN=C(N)c1ccc(CNC(=O)c2cccc(-c3ccccc3)c2)c(Cl)c1. The van der Waals surface area contributed by atoms with Crippen molar-refractivity contribution in [3.63, 3.8) is 0 Å². The van der Waals surface area contributed by atoms with E-state index in [4.69, 9.17) is 17.3 Å². The zero-order chi connectivity index (χ0) is 19.2. The van der Waals surface area contributed by atoms with E-state index in [9.17, 15) is 4.79 Å². The van der Waals surface area contributed by atoms with Gasteiger partial charge in [0, 0.05) is 29.7 Å². The Balaban J connectivity index is 1.71. The van der Waals surface area contributed by atoms with Crippen LogP contribution in [0.15, 0.2) is 77.8 Å². The number of aliphatic imine (C=N–C) groups is 1. The summed E-state index contributed by atoms with van der Waals surface area (Å²) >= 11 is 6.30. The Morgan fingerprint density at radius 1 is 0.963 bits per heavy atom. The van der Waals surface area contributed by atoms with Crippen molar-refractivity contribution in [2.24, 2.45) is 10.7 Å². The number of benzene rings is 3. The Kier molecular flexibility index (Phi) is 5.89. The highest BCUT2D eigenvalue weighted by Gasteiger charge is 2.09. The summed E-state index contributed by atoms with van der Waals surface area (Å²) in [5.41, 5.74) is 10.0. The first-order valence-corrected chi connectivity index (χ1v) is 8.91. The van der Waals surface area contributed by atoms with Gasteiger partial charge in [-0.25, -0.2) is 0 Å². The molecule has 0 fully saturated rings. The van der Waals surface area contributed by atoms with E-state index in [1.807, 2.05) is 60.7 Å². The second-order valence-electron chi connectivity index (χ2n) is 6.04. The summed E-state index contributed by atoms with van der Waals surface area (Å²) < 4.78 is 0. The van der Waals surface area contributed by atoms with Crippen LogP contribution in [-0.2, 0) is 6.54 Å². The van der Waals surface area contributed by atoms with Gasteiger partial charge in [-0.3, -0.25) is 9.79 Å². The number of carbonyl (C=O) groups excluding carboxylic acids is 1. The van der Waals surface area contributed by atoms with Crippen molar-refractivity contribution in [1.29, 1.82) is 0 Å². The van der Waals surface area contributed by atoms with E-state index in [0.29, 0.717) is 23.0 Å². The largest absolute Gasteiger partial charge is 0.384 e. The maximum Gasteiger partial charge on any atom is 0.251 e. The minimum atomic E-state index is -0.150. The minimum Gasteiger partial charge on any atom is -0.384 e. The summed E-state index contributed by atoms with van der Waals surface area (Å²) in [5, 5.41) is 3.45. The van der Waals surface area contributed by atoms with Gasteiger partial charge in [-0.15, -0.1) is 0 Å². The molecule has 0 aliphatic rings. The zero-order valence-electron chi connectivity index (χ0n) is 14.9. The lowest BCUT2D eigenvalue weighted by Gasteiger charge is -2.10. The van der Waals surface area contributed by atoms with Gasteiger partial charge in [0.1, 0.15) is 5.84 Å². The van der Waals surface area contributed by atoms with Crippen LogP contribution in [0.2, 0.25) is 5.02 Å². The maximum absolute atomic E-state index is 12.5. The zero-order valence-corrected chi connectivity index (χ0v) is 15.7. The summed E-state index contributed by atoms with van der Waals surface area (Å²) in [5.74, 6) is 0.271. The quantitative estimate of drug-likeness (QED) is 0.515. The normalized spacial score (nSPS) is 11.3. The van der Waals surface area contributed by atoms with Gasteiger partial charge in [-0.2, -0.15) is 0 Å². The highest BCUT2D eigenvalue weighted by Crippen LogP contribution is 2.21. The molecule has 0 radical (unpaired) electrons. The van der Waals surface area contributed by atoms with Crippen molar-refractivity contribution in [1.82, 2.24) is 5.32 Å². The van der Waals surface area contributed by atoms with Crippen LogP contribution in [0, 0.1) is 0 Å². The summed E-state index contributed by atoms with van der Waals surface area (Å²) in [6, 6.07) is 22.9. The van der Waals surface area contributed by atoms with Crippen molar-refractivity contribution >= 4 is 23.3 Å². The molecule has 3 aromatic carbocycles. The Morgan fingerprint density at radius 3 is 2.41 bits per heavy atom. The molecule has 27 heavy (non-hydrogen) atoms. The molecule has 3 aromatic rings. The van der Waals surface area contributed by atoms with Gasteiger partial charge in [0.2, 0.25) is 0 Å². The van der Waals surface area contributed by atoms with Gasteiger partial charge < -0.3 is 11.1 Å². The molecule has 0 aromatic heterocycles. The van der Waals surface area contributed by atoms with Gasteiger partial charge in [0.15, 0.2) is 0 Å². The molecule has 0 spiro atoms. The average molecular weight is 378 g/mol. The molecule has 5 heteroatoms. The van der Waals surface area contributed by atoms with E-state index in [1.54, 1.807) is 19.2 Å². The summed E-state index contributed by atoms with van der Waals surface area (Å²) in [6.45, 7) is 0.330. The number of halogens is 1. The van der Waals surface area contributed by atoms with Crippen LogP contribution in [0.4, 0.5) is 0 Å². The Hall–Kier alpha value is -3.11. The number of rotatable bonds is 5. The third kappa shape index (κ3) is 4.54. The summed E-state index contributed by atoms with van der Waals surface area (Å²) in [4.78, 5) is 16.5. The Labute approximate surface area is 163 Å². The number of nitrogens with two attached hydrogens (primary N) is 1. The standard InChI is InChI=1S/C22H20ClN3O/c1-25-21(24)17-10-11-19(20(23)13-17)14-26-22(27)18-9-5-8-16(12-18)15-6-3-2-4-7-15/h2-13H,14H2,1H3,(H2,24,25)(H,26,27). The number of hydrogen-bond acceptors (Lipinski definition) is 2. The molecule has 3 rings (SSSR count). The summed E-state index contributed by atoms with van der Waals surface area (Å²) in [6.07, 6.45) is 0. The van der Waals surface area contributed by atoms with E-state index in [1.165, 1.54) is 0 Å². The Bertz CT molecular complexity index is 984. The molecular formula is C22H20ClN3O. The van der Waals surface area contributed by atoms with Gasteiger partial charge in [-0.05, 0) is 34.9 Å². The third-order valence-corrected chi connectivity index (χ3v) is 4.61. The molecule has 3 N–H and O–H groups in total. The first kappa shape index (κ1) is 18.7. The fourth-order valence-electron chi connectivity index (χ4n) is 2.73. The van der Waals surface area contributed by atoms with Gasteiger partial charge >= 0.3 is 0 Å². The van der Waals surface area contributed by atoms with E-state index in [0.717, 1.165) is 22.3 Å². The minimum absolute atomic E-state index is 0.150. The smallest absolute Gasteiger partial charge is 0.251 e. The molecule has 4 nitrogen and oxygen atoms in total. The molecule has 136 valence electrons. The van der Waals surface area contributed by atoms with E-state index in [-0.39, 0.29) is 5.91 Å². The van der Waals surface area contributed by atoms with Gasteiger partial charge in [0.05, 0.1) is 0 Å². The van der Waals surface area contributed by atoms with E-state index < -0.39 is 0 Å². The molecule has 0 aliphatic carbocycles. The molecule has 0 aliphatic heterocycles. The molecule has 0 bridgehead atoms. The highest BCUT2D eigenvalue weighted by atomic mass is 35.5. The number of nitrogens with one attached hydrogen (secondary N) is 1. The van der Waals surface area contributed by atoms with Gasteiger partial charge in [-0.1, -0.05) is 66.2 Å². The number of carbonyl (C=O) groups is 1. The maximum atomic E-state index is 12.5. The van der Waals surface area contributed by atoms with Crippen molar-refractivity contribution in [3.8, 4) is 11.1 Å². The molecule has 0 saturated heterocycles. The van der Waals surface area contributed by atoms with Crippen LogP contribution in [0.1, 0.15) is 21.5 Å². The van der Waals surface area contributed by atoms with Crippen molar-refractivity contribution < 1.29 is 4.79 Å². The molecular weight excluding hydrogens is 358 g/mol. The van der Waals surface area contributed by atoms with Crippen molar-refractivity contribution in [2.45, 2.75) is 6.54 Å². The number of nitrogens with zero attached hydrogens (tertiary/aromatic N) is 1. The number of hydrogen-bond donors (Lipinski definition) is 2. The molecule has 1 amide bonds. The lowest BCUT2D eigenvalue weighted by Crippen LogP contribution is -2.23.